The number of hydrogen-bond acceptors (Lipinski definition) is 5. The normalized spacial score (nSPS) is 19.9. The van der Waals surface area contributed by atoms with Gasteiger partial charge in [-0.05, 0) is 60.1 Å². The number of carbonyl (C=O) groups excluding carboxylic acids is 4. The lowest BCUT2D eigenvalue weighted by Crippen LogP contribution is -2.47. The first-order valence-electron chi connectivity index (χ1n) is 13.5. The number of aromatic amines is 1. The van der Waals surface area contributed by atoms with Crippen LogP contribution < -0.4 is 4.90 Å². The fourth-order valence-corrected chi connectivity index (χ4v) is 6.07. The molecule has 0 radical (unpaired) electrons. The van der Waals surface area contributed by atoms with Gasteiger partial charge in [0.2, 0.25) is 11.8 Å². The van der Waals surface area contributed by atoms with E-state index in [0.29, 0.717) is 24.2 Å². The van der Waals surface area contributed by atoms with E-state index >= 15 is 0 Å². The number of amides is 3. The van der Waals surface area contributed by atoms with Crippen LogP contribution in [0.3, 0.4) is 0 Å². The molecule has 1 unspecified atom stereocenters. The van der Waals surface area contributed by atoms with Gasteiger partial charge in [-0.25, -0.2) is 9.69 Å². The number of rotatable bonds is 8. The predicted octanol–water partition coefficient (Wildman–Crippen LogP) is 4.73. The van der Waals surface area contributed by atoms with Gasteiger partial charge in [-0.3, -0.25) is 14.4 Å². The van der Waals surface area contributed by atoms with E-state index < -0.39 is 17.9 Å². The molecule has 1 atom stereocenters. The van der Waals surface area contributed by atoms with Crippen LogP contribution >= 0.6 is 0 Å². The Balaban J connectivity index is 1.42. The van der Waals surface area contributed by atoms with Gasteiger partial charge >= 0.3 is 5.97 Å². The first-order valence-corrected chi connectivity index (χ1v) is 13.5. The number of aromatic nitrogens is 1. The molecule has 1 saturated carbocycles. The minimum absolute atomic E-state index is 0.0777. The second-order valence-corrected chi connectivity index (χ2v) is 11.6. The highest BCUT2D eigenvalue weighted by Gasteiger charge is 2.69. The standard InChI is InChI=1S/C31H35N3O5/c1-6-39-29(38)19-11-13-21(14-12-19)34-25(35)17-24(27(34)36)33(28(37)26-30(2,3)31(26,4)5)16-15-20-18-32-23-10-8-7-9-22(20)23/h7-14,18,24,26,32H,6,15-17H2,1-5H3. The van der Waals surface area contributed by atoms with E-state index in [-0.39, 0.29) is 41.6 Å². The average molecular weight is 530 g/mol. The highest BCUT2D eigenvalue weighted by Crippen LogP contribution is 2.69. The van der Waals surface area contributed by atoms with Crippen molar-refractivity contribution in [3.05, 3.63) is 65.9 Å². The third-order valence-corrected chi connectivity index (χ3v) is 8.98. The van der Waals surface area contributed by atoms with E-state index in [1.807, 2.05) is 30.5 Å². The Morgan fingerprint density at radius 3 is 2.33 bits per heavy atom. The summed E-state index contributed by atoms with van der Waals surface area (Å²) in [7, 11) is 0. The Bertz CT molecular complexity index is 1440. The zero-order valence-electron chi connectivity index (χ0n) is 23.1. The van der Waals surface area contributed by atoms with Crippen LogP contribution in [0.25, 0.3) is 10.9 Å². The minimum Gasteiger partial charge on any atom is -0.462 e. The summed E-state index contributed by atoms with van der Waals surface area (Å²) in [6, 6.07) is 13.3. The van der Waals surface area contributed by atoms with E-state index in [1.165, 1.54) is 12.1 Å². The molecule has 39 heavy (non-hydrogen) atoms. The molecule has 1 saturated heterocycles. The highest BCUT2D eigenvalue weighted by molar-refractivity contribution is 6.23. The summed E-state index contributed by atoms with van der Waals surface area (Å²) in [5, 5.41) is 1.08. The molecule has 0 spiro atoms. The molecular weight excluding hydrogens is 494 g/mol. The molecule has 1 N–H and O–H groups in total. The lowest BCUT2D eigenvalue weighted by Gasteiger charge is -2.29. The third-order valence-electron chi connectivity index (χ3n) is 8.98. The van der Waals surface area contributed by atoms with Gasteiger partial charge in [0.15, 0.2) is 0 Å². The smallest absolute Gasteiger partial charge is 0.338 e. The van der Waals surface area contributed by atoms with Gasteiger partial charge in [0, 0.05) is 29.6 Å². The minimum atomic E-state index is -0.882. The van der Waals surface area contributed by atoms with Crippen molar-refractivity contribution in [1.82, 2.24) is 9.88 Å². The van der Waals surface area contributed by atoms with Crippen LogP contribution in [0.2, 0.25) is 0 Å². The van der Waals surface area contributed by atoms with Crippen LogP contribution in [0, 0.1) is 16.7 Å². The van der Waals surface area contributed by atoms with Gasteiger partial charge in [0.25, 0.3) is 5.91 Å². The Hall–Kier alpha value is -3.94. The van der Waals surface area contributed by atoms with E-state index in [0.717, 1.165) is 21.4 Å². The number of anilines is 1. The molecule has 5 rings (SSSR count). The monoisotopic (exact) mass is 529 g/mol. The predicted molar refractivity (Wildman–Crippen MR) is 148 cm³/mol. The maximum absolute atomic E-state index is 14.0. The van der Waals surface area contributed by atoms with E-state index in [1.54, 1.807) is 24.0 Å². The number of fused-ring (bicyclic) bond motifs is 1. The van der Waals surface area contributed by atoms with E-state index in [2.05, 4.69) is 32.7 Å². The summed E-state index contributed by atoms with van der Waals surface area (Å²) >= 11 is 0. The second-order valence-electron chi connectivity index (χ2n) is 11.6. The quantitative estimate of drug-likeness (QED) is 0.336. The molecule has 2 fully saturated rings. The molecular formula is C31H35N3O5. The van der Waals surface area contributed by atoms with Crippen molar-refractivity contribution in [3.63, 3.8) is 0 Å². The van der Waals surface area contributed by atoms with Crippen molar-refractivity contribution in [2.24, 2.45) is 16.7 Å². The van der Waals surface area contributed by atoms with Crippen molar-refractivity contribution in [2.45, 2.75) is 53.5 Å². The van der Waals surface area contributed by atoms with Gasteiger partial charge in [-0.15, -0.1) is 0 Å². The van der Waals surface area contributed by atoms with Crippen molar-refractivity contribution < 1.29 is 23.9 Å². The van der Waals surface area contributed by atoms with Crippen LogP contribution in [0.1, 0.15) is 57.0 Å². The van der Waals surface area contributed by atoms with Crippen molar-refractivity contribution in [1.29, 1.82) is 0 Å². The molecule has 2 aliphatic rings. The number of esters is 1. The van der Waals surface area contributed by atoms with Gasteiger partial charge in [-0.2, -0.15) is 0 Å². The molecule has 2 heterocycles. The number of nitrogens with one attached hydrogen (secondary N) is 1. The number of para-hydroxylation sites is 1. The third kappa shape index (κ3) is 4.41. The molecule has 1 aromatic heterocycles. The van der Waals surface area contributed by atoms with E-state index in [9.17, 15) is 19.2 Å². The number of benzene rings is 2. The van der Waals surface area contributed by atoms with Crippen molar-refractivity contribution in [3.8, 4) is 0 Å². The summed E-state index contributed by atoms with van der Waals surface area (Å²) in [6.07, 6.45) is 2.42. The summed E-state index contributed by atoms with van der Waals surface area (Å²) < 4.78 is 5.02. The summed E-state index contributed by atoms with van der Waals surface area (Å²) in [5.74, 6) is -1.59. The van der Waals surface area contributed by atoms with Crippen molar-refractivity contribution in [2.75, 3.05) is 18.1 Å². The van der Waals surface area contributed by atoms with Crippen LogP contribution in [-0.2, 0) is 25.5 Å². The molecule has 0 bridgehead atoms. The van der Waals surface area contributed by atoms with Gasteiger partial charge in [-0.1, -0.05) is 45.9 Å². The molecule has 204 valence electrons. The SMILES string of the molecule is CCOC(=O)c1ccc(N2C(=O)CC(N(CCc3c[nH]c4ccccc34)C(=O)C3C(C)(C)C3(C)C)C2=O)cc1. The number of hydrogen-bond donors (Lipinski definition) is 1. The second kappa shape index (κ2) is 9.67. The zero-order valence-corrected chi connectivity index (χ0v) is 23.1. The molecule has 3 amide bonds. The first kappa shape index (κ1) is 26.7. The molecule has 2 aromatic carbocycles. The Morgan fingerprint density at radius 1 is 1.03 bits per heavy atom. The number of nitrogens with zero attached hydrogens (tertiary/aromatic N) is 2. The Kier molecular flexibility index (Phi) is 6.61. The topological polar surface area (TPSA) is 99.8 Å². The molecule has 3 aromatic rings. The molecule has 8 heteroatoms. The van der Waals surface area contributed by atoms with Gasteiger partial charge in [0.1, 0.15) is 6.04 Å². The van der Waals surface area contributed by atoms with Crippen LogP contribution in [0.15, 0.2) is 54.7 Å². The van der Waals surface area contributed by atoms with Gasteiger partial charge < -0.3 is 14.6 Å². The highest BCUT2D eigenvalue weighted by atomic mass is 16.5. The Morgan fingerprint density at radius 2 is 1.69 bits per heavy atom. The average Bonchev–Trinajstić information content (AvgIpc) is 3.21. The van der Waals surface area contributed by atoms with Crippen molar-refractivity contribution >= 4 is 40.3 Å². The van der Waals surface area contributed by atoms with Crippen LogP contribution in [-0.4, -0.2) is 52.8 Å². The number of imide groups is 1. The maximum atomic E-state index is 14.0. The largest absolute Gasteiger partial charge is 0.462 e. The number of carbonyl (C=O) groups is 4. The summed E-state index contributed by atoms with van der Waals surface area (Å²) in [4.78, 5) is 59.0. The fourth-order valence-electron chi connectivity index (χ4n) is 6.07. The number of H-pyrrole nitrogens is 1. The van der Waals surface area contributed by atoms with Gasteiger partial charge in [0.05, 0.1) is 24.3 Å². The van der Waals surface area contributed by atoms with Crippen LogP contribution in [0.5, 0.6) is 0 Å². The zero-order chi connectivity index (χ0) is 28.1. The van der Waals surface area contributed by atoms with E-state index in [4.69, 9.17) is 4.74 Å². The lowest BCUT2D eigenvalue weighted by atomic mass is 10.0. The first-order chi connectivity index (χ1) is 18.5. The summed E-state index contributed by atoms with van der Waals surface area (Å²) in [6.45, 7) is 10.6. The maximum Gasteiger partial charge on any atom is 0.338 e. The Labute approximate surface area is 228 Å². The fraction of sp³-hybridized carbons (Fsp3) is 0.419. The van der Waals surface area contributed by atoms with Crippen LogP contribution in [0.4, 0.5) is 5.69 Å². The lowest BCUT2D eigenvalue weighted by molar-refractivity contribution is -0.140. The molecule has 1 aliphatic carbocycles. The molecule has 1 aliphatic heterocycles. The number of ether oxygens (including phenoxy) is 1. The molecule has 8 nitrogen and oxygen atoms in total. The summed E-state index contributed by atoms with van der Waals surface area (Å²) in [5.41, 5.74) is 2.36.